The van der Waals surface area contributed by atoms with Crippen molar-refractivity contribution in [3.05, 3.63) is 59.7 Å². The van der Waals surface area contributed by atoms with Gasteiger partial charge in [-0.2, -0.15) is 4.98 Å². The van der Waals surface area contributed by atoms with E-state index in [2.05, 4.69) is 16.7 Å². The van der Waals surface area contributed by atoms with E-state index >= 15 is 0 Å². The summed E-state index contributed by atoms with van der Waals surface area (Å²) in [6.07, 6.45) is 6.55. The summed E-state index contributed by atoms with van der Waals surface area (Å²) in [4.78, 5) is 11.5. The number of anilines is 2. The van der Waals surface area contributed by atoms with Gasteiger partial charge >= 0.3 is 0 Å². The van der Waals surface area contributed by atoms with Crippen molar-refractivity contribution in [2.75, 3.05) is 43.9 Å². The van der Waals surface area contributed by atoms with Crippen molar-refractivity contribution in [2.24, 2.45) is 11.8 Å². The zero-order valence-corrected chi connectivity index (χ0v) is 20.2. The van der Waals surface area contributed by atoms with Crippen LogP contribution >= 0.6 is 0 Å². The summed E-state index contributed by atoms with van der Waals surface area (Å²) >= 11 is 0. The molecule has 3 aromatic rings. The number of hydrogen-bond acceptors (Lipinski definition) is 5. The molecule has 1 fully saturated rings. The standard InChI is InChI=1S/C27H35F2N5/c1-34(2)26-22-7-3-4-8-25(22)32-27(33-26)31-18-21-11-9-20(10-12-21)17-30-15-5-6-19-13-14-23(28)24(29)16-19/h3-4,7-8,13-14,16,20-21,30H,5-6,9-12,15,17-18H2,1-2H3,(H,31,32,33). The zero-order valence-electron chi connectivity index (χ0n) is 20.2. The van der Waals surface area contributed by atoms with Crippen molar-refractivity contribution >= 4 is 22.7 Å². The van der Waals surface area contributed by atoms with Crippen LogP contribution in [-0.2, 0) is 6.42 Å². The first-order valence-corrected chi connectivity index (χ1v) is 12.3. The lowest BCUT2D eigenvalue weighted by Gasteiger charge is -2.29. The lowest BCUT2D eigenvalue weighted by molar-refractivity contribution is 0.276. The van der Waals surface area contributed by atoms with Crippen LogP contribution in [0.5, 0.6) is 0 Å². The monoisotopic (exact) mass is 467 g/mol. The van der Waals surface area contributed by atoms with E-state index in [0.717, 1.165) is 54.8 Å². The summed E-state index contributed by atoms with van der Waals surface area (Å²) in [7, 11) is 4.02. The van der Waals surface area contributed by atoms with Crippen molar-refractivity contribution < 1.29 is 8.78 Å². The second-order valence-electron chi connectivity index (χ2n) is 9.61. The Morgan fingerprint density at radius 1 is 0.912 bits per heavy atom. The third-order valence-corrected chi connectivity index (χ3v) is 6.76. The minimum absolute atomic E-state index is 0.641. The second kappa shape index (κ2) is 11.6. The van der Waals surface area contributed by atoms with E-state index in [-0.39, 0.29) is 0 Å². The normalized spacial score (nSPS) is 18.2. The summed E-state index contributed by atoms with van der Waals surface area (Å²) in [6.45, 7) is 2.82. The van der Waals surface area contributed by atoms with Gasteiger partial charge in [0.2, 0.25) is 5.95 Å². The fraction of sp³-hybridized carbons (Fsp3) is 0.481. The molecule has 1 aromatic heterocycles. The first-order valence-electron chi connectivity index (χ1n) is 12.3. The summed E-state index contributed by atoms with van der Waals surface area (Å²) in [5.74, 6) is 1.44. The fourth-order valence-electron chi connectivity index (χ4n) is 4.77. The zero-order chi connectivity index (χ0) is 23.9. The van der Waals surface area contributed by atoms with Crippen LogP contribution in [0.25, 0.3) is 10.9 Å². The molecule has 0 radical (unpaired) electrons. The van der Waals surface area contributed by atoms with Crippen LogP contribution in [0.2, 0.25) is 0 Å². The number of benzene rings is 2. The van der Waals surface area contributed by atoms with Gasteiger partial charge < -0.3 is 15.5 Å². The Balaban J connectivity index is 1.16. The van der Waals surface area contributed by atoms with Gasteiger partial charge in [-0.3, -0.25) is 0 Å². The summed E-state index contributed by atoms with van der Waals surface area (Å²) in [6, 6.07) is 12.3. The average molecular weight is 468 g/mol. The molecule has 1 saturated carbocycles. The topological polar surface area (TPSA) is 53.1 Å². The van der Waals surface area contributed by atoms with Crippen LogP contribution in [0.4, 0.5) is 20.5 Å². The number of aromatic nitrogens is 2. The molecular weight excluding hydrogens is 432 g/mol. The number of para-hydroxylation sites is 1. The van der Waals surface area contributed by atoms with Crippen LogP contribution < -0.4 is 15.5 Å². The first-order chi connectivity index (χ1) is 16.5. The third kappa shape index (κ3) is 6.41. The molecule has 2 N–H and O–H groups in total. The number of halogens is 2. The van der Waals surface area contributed by atoms with Gasteiger partial charge in [0.05, 0.1) is 5.52 Å². The quantitative estimate of drug-likeness (QED) is 0.390. The maximum atomic E-state index is 13.3. The highest BCUT2D eigenvalue weighted by Gasteiger charge is 2.21. The Morgan fingerprint density at radius 2 is 1.65 bits per heavy atom. The van der Waals surface area contributed by atoms with Crippen molar-refractivity contribution in [3.63, 3.8) is 0 Å². The van der Waals surface area contributed by atoms with E-state index < -0.39 is 11.6 Å². The summed E-state index contributed by atoms with van der Waals surface area (Å²) in [5, 5.41) is 8.10. The minimum atomic E-state index is -0.782. The van der Waals surface area contributed by atoms with E-state index in [1.165, 1.54) is 37.8 Å². The van der Waals surface area contributed by atoms with E-state index in [1.807, 2.05) is 37.2 Å². The molecule has 2 aromatic carbocycles. The lowest BCUT2D eigenvalue weighted by atomic mass is 9.82. The Kier molecular flexibility index (Phi) is 8.27. The molecule has 0 bridgehead atoms. The SMILES string of the molecule is CN(C)c1nc(NCC2CCC(CNCCCc3ccc(F)c(F)c3)CC2)nc2ccccc12. The van der Waals surface area contributed by atoms with E-state index in [0.29, 0.717) is 17.8 Å². The second-order valence-corrected chi connectivity index (χ2v) is 9.61. The van der Waals surface area contributed by atoms with Crippen LogP contribution in [0.1, 0.15) is 37.7 Å². The van der Waals surface area contributed by atoms with Crippen LogP contribution in [0, 0.1) is 23.5 Å². The maximum Gasteiger partial charge on any atom is 0.225 e. The molecular formula is C27H35F2N5. The Bertz CT molecular complexity index is 1080. The molecule has 1 heterocycles. The molecule has 4 rings (SSSR count). The van der Waals surface area contributed by atoms with E-state index in [1.54, 1.807) is 6.07 Å². The third-order valence-electron chi connectivity index (χ3n) is 6.76. The highest BCUT2D eigenvalue weighted by Crippen LogP contribution is 2.29. The van der Waals surface area contributed by atoms with Crippen molar-refractivity contribution in [3.8, 4) is 0 Å². The number of fused-ring (bicyclic) bond motifs is 1. The molecule has 0 amide bonds. The van der Waals surface area contributed by atoms with Gasteiger partial charge in [0.15, 0.2) is 11.6 Å². The number of nitrogens with one attached hydrogen (secondary N) is 2. The largest absolute Gasteiger partial charge is 0.362 e. The van der Waals surface area contributed by atoms with Gasteiger partial charge in [-0.05, 0) is 93.3 Å². The Labute approximate surface area is 201 Å². The van der Waals surface area contributed by atoms with Crippen LogP contribution in [0.3, 0.4) is 0 Å². The molecule has 0 atom stereocenters. The number of aryl methyl sites for hydroxylation is 1. The van der Waals surface area contributed by atoms with Crippen molar-refractivity contribution in [2.45, 2.75) is 38.5 Å². The molecule has 1 aliphatic carbocycles. The highest BCUT2D eigenvalue weighted by atomic mass is 19.2. The molecule has 0 unspecified atom stereocenters. The van der Waals surface area contributed by atoms with E-state index in [4.69, 9.17) is 9.97 Å². The van der Waals surface area contributed by atoms with Gasteiger partial charge in [0, 0.05) is 26.0 Å². The first kappa shape index (κ1) is 24.3. The maximum absolute atomic E-state index is 13.3. The van der Waals surface area contributed by atoms with Gasteiger partial charge in [-0.1, -0.05) is 18.2 Å². The predicted molar refractivity (Wildman–Crippen MR) is 135 cm³/mol. The molecule has 0 aliphatic heterocycles. The highest BCUT2D eigenvalue weighted by molar-refractivity contribution is 5.90. The molecule has 34 heavy (non-hydrogen) atoms. The van der Waals surface area contributed by atoms with Gasteiger partial charge in [0.25, 0.3) is 0 Å². The van der Waals surface area contributed by atoms with Gasteiger partial charge in [-0.25, -0.2) is 13.8 Å². The fourth-order valence-corrected chi connectivity index (χ4v) is 4.77. The Hall–Kier alpha value is -2.80. The van der Waals surface area contributed by atoms with Crippen molar-refractivity contribution in [1.82, 2.24) is 15.3 Å². The van der Waals surface area contributed by atoms with Gasteiger partial charge in [0.1, 0.15) is 5.82 Å². The summed E-state index contributed by atoms with van der Waals surface area (Å²) < 4.78 is 26.3. The molecule has 7 heteroatoms. The van der Waals surface area contributed by atoms with Crippen molar-refractivity contribution in [1.29, 1.82) is 0 Å². The predicted octanol–water partition coefficient (Wildman–Crippen LogP) is 5.41. The van der Waals surface area contributed by atoms with Crippen LogP contribution in [0.15, 0.2) is 42.5 Å². The summed E-state index contributed by atoms with van der Waals surface area (Å²) in [5.41, 5.74) is 1.81. The van der Waals surface area contributed by atoms with Crippen LogP contribution in [-0.4, -0.2) is 43.7 Å². The lowest BCUT2D eigenvalue weighted by Crippen LogP contribution is -2.29. The number of hydrogen-bond donors (Lipinski definition) is 2. The minimum Gasteiger partial charge on any atom is -0.362 e. The van der Waals surface area contributed by atoms with Gasteiger partial charge in [-0.15, -0.1) is 0 Å². The molecule has 0 saturated heterocycles. The average Bonchev–Trinajstić information content (AvgIpc) is 2.84. The molecule has 5 nitrogen and oxygen atoms in total. The molecule has 0 spiro atoms. The number of nitrogens with zero attached hydrogens (tertiary/aromatic N) is 3. The Morgan fingerprint density at radius 3 is 2.38 bits per heavy atom. The smallest absolute Gasteiger partial charge is 0.225 e. The molecule has 182 valence electrons. The molecule has 1 aliphatic rings. The van der Waals surface area contributed by atoms with E-state index in [9.17, 15) is 8.78 Å². The number of rotatable bonds is 10.